The van der Waals surface area contributed by atoms with Crippen molar-refractivity contribution in [1.82, 2.24) is 4.72 Å². The van der Waals surface area contributed by atoms with E-state index in [0.29, 0.717) is 16.5 Å². The number of carbonyl (C=O) groups excluding carboxylic acids is 2. The van der Waals surface area contributed by atoms with E-state index in [1.807, 2.05) is 0 Å². The number of anilines is 1. The van der Waals surface area contributed by atoms with Crippen LogP contribution in [0.2, 0.25) is 5.02 Å². The molecule has 1 aromatic heterocycles. The van der Waals surface area contributed by atoms with Crippen molar-refractivity contribution in [3.63, 3.8) is 0 Å². The molecule has 0 saturated carbocycles. The van der Waals surface area contributed by atoms with E-state index in [1.165, 1.54) is 37.5 Å². The van der Waals surface area contributed by atoms with Crippen LogP contribution in [0.5, 0.6) is 0 Å². The number of sulfonamides is 1. The SMILES string of the molecule is CC(OC(=O)c1ccc(S(=O)(=O)NCc2ccco2)cc1)C(=O)Nc1ccc(Cl)cc1. The van der Waals surface area contributed by atoms with Crippen LogP contribution in [0.15, 0.2) is 76.2 Å². The number of rotatable bonds is 8. The lowest BCUT2D eigenvalue weighted by Gasteiger charge is -2.14. The molecule has 1 unspecified atom stereocenters. The molecule has 0 fully saturated rings. The van der Waals surface area contributed by atoms with Gasteiger partial charge in [-0.15, -0.1) is 0 Å². The highest BCUT2D eigenvalue weighted by Gasteiger charge is 2.20. The number of benzene rings is 2. The van der Waals surface area contributed by atoms with Crippen molar-refractivity contribution in [1.29, 1.82) is 0 Å². The zero-order valence-corrected chi connectivity index (χ0v) is 17.9. The van der Waals surface area contributed by atoms with Gasteiger partial charge in [0, 0.05) is 10.7 Å². The van der Waals surface area contributed by atoms with Crippen LogP contribution in [0.4, 0.5) is 5.69 Å². The van der Waals surface area contributed by atoms with Crippen LogP contribution in [-0.2, 0) is 26.1 Å². The van der Waals surface area contributed by atoms with Crippen LogP contribution in [0, 0.1) is 0 Å². The predicted molar refractivity (Wildman–Crippen MR) is 114 cm³/mol. The van der Waals surface area contributed by atoms with Gasteiger partial charge in [0.15, 0.2) is 6.10 Å². The van der Waals surface area contributed by atoms with Crippen molar-refractivity contribution in [2.75, 3.05) is 5.32 Å². The Morgan fingerprint density at radius 2 is 1.74 bits per heavy atom. The maximum atomic E-state index is 12.3. The summed E-state index contributed by atoms with van der Waals surface area (Å²) < 4.78 is 37.3. The van der Waals surface area contributed by atoms with E-state index >= 15 is 0 Å². The standard InChI is InChI=1S/C21H19ClN2O6S/c1-14(20(25)24-17-8-6-16(22)7-9-17)30-21(26)15-4-10-19(11-5-15)31(27,28)23-13-18-3-2-12-29-18/h2-12,14,23H,13H2,1H3,(H,24,25). The fourth-order valence-electron chi connectivity index (χ4n) is 2.49. The smallest absolute Gasteiger partial charge is 0.338 e. The van der Waals surface area contributed by atoms with Crippen molar-refractivity contribution in [3.05, 3.63) is 83.3 Å². The van der Waals surface area contributed by atoms with Gasteiger partial charge in [-0.1, -0.05) is 11.6 Å². The van der Waals surface area contributed by atoms with Gasteiger partial charge in [-0.25, -0.2) is 17.9 Å². The molecule has 1 amide bonds. The van der Waals surface area contributed by atoms with Crippen molar-refractivity contribution in [2.45, 2.75) is 24.5 Å². The number of nitrogens with one attached hydrogen (secondary N) is 2. The van der Waals surface area contributed by atoms with Gasteiger partial charge in [-0.2, -0.15) is 0 Å². The summed E-state index contributed by atoms with van der Waals surface area (Å²) in [7, 11) is -3.79. The topological polar surface area (TPSA) is 115 Å². The molecule has 0 radical (unpaired) electrons. The largest absolute Gasteiger partial charge is 0.468 e. The zero-order chi connectivity index (χ0) is 22.4. The summed E-state index contributed by atoms with van der Waals surface area (Å²) in [6.07, 6.45) is 0.377. The first-order valence-corrected chi connectivity index (χ1v) is 11.0. The van der Waals surface area contributed by atoms with Crippen molar-refractivity contribution < 1.29 is 27.2 Å². The quantitative estimate of drug-likeness (QED) is 0.494. The van der Waals surface area contributed by atoms with E-state index in [1.54, 1.807) is 36.4 Å². The fourth-order valence-corrected chi connectivity index (χ4v) is 3.61. The first kappa shape index (κ1) is 22.5. The molecule has 10 heteroatoms. The van der Waals surface area contributed by atoms with Crippen LogP contribution >= 0.6 is 11.6 Å². The van der Waals surface area contributed by atoms with Crippen molar-refractivity contribution in [2.24, 2.45) is 0 Å². The molecule has 0 spiro atoms. The van der Waals surface area contributed by atoms with Gasteiger partial charge in [-0.3, -0.25) is 4.79 Å². The van der Waals surface area contributed by atoms with Gasteiger partial charge in [0.1, 0.15) is 5.76 Å². The van der Waals surface area contributed by atoms with Gasteiger partial charge in [-0.05, 0) is 67.6 Å². The average molecular weight is 463 g/mol. The molecule has 31 heavy (non-hydrogen) atoms. The normalized spacial score (nSPS) is 12.2. The van der Waals surface area contributed by atoms with Gasteiger partial charge in [0.05, 0.1) is 23.3 Å². The first-order chi connectivity index (χ1) is 14.7. The summed E-state index contributed by atoms with van der Waals surface area (Å²) in [5, 5.41) is 3.14. The molecular formula is C21H19ClN2O6S. The molecule has 3 rings (SSSR count). The third-order valence-corrected chi connectivity index (χ3v) is 5.85. The number of halogens is 1. The fraction of sp³-hybridized carbons (Fsp3) is 0.143. The molecule has 0 aliphatic carbocycles. The molecular weight excluding hydrogens is 444 g/mol. The predicted octanol–water partition coefficient (Wildman–Crippen LogP) is 3.60. The third kappa shape index (κ3) is 6.17. The Morgan fingerprint density at radius 1 is 1.06 bits per heavy atom. The Kier molecular flexibility index (Phi) is 7.11. The Balaban J connectivity index is 1.57. The van der Waals surface area contributed by atoms with E-state index in [-0.39, 0.29) is 17.0 Å². The molecule has 0 aliphatic rings. The molecule has 0 saturated heterocycles. The van der Waals surface area contributed by atoms with E-state index < -0.39 is 28.0 Å². The number of hydrogen-bond donors (Lipinski definition) is 2. The van der Waals surface area contributed by atoms with Crippen LogP contribution in [0.25, 0.3) is 0 Å². The number of hydrogen-bond acceptors (Lipinski definition) is 6. The number of furan rings is 1. The highest BCUT2D eigenvalue weighted by molar-refractivity contribution is 7.89. The molecule has 0 bridgehead atoms. The Labute approximate surface area is 184 Å². The summed E-state index contributed by atoms with van der Waals surface area (Å²) >= 11 is 5.80. The van der Waals surface area contributed by atoms with Gasteiger partial charge < -0.3 is 14.5 Å². The van der Waals surface area contributed by atoms with Gasteiger partial charge >= 0.3 is 5.97 Å². The minimum Gasteiger partial charge on any atom is -0.468 e. The lowest BCUT2D eigenvalue weighted by atomic mass is 10.2. The van der Waals surface area contributed by atoms with E-state index in [2.05, 4.69) is 10.0 Å². The number of amides is 1. The Morgan fingerprint density at radius 3 is 2.35 bits per heavy atom. The van der Waals surface area contributed by atoms with Gasteiger partial charge in [0.2, 0.25) is 10.0 Å². The summed E-state index contributed by atoms with van der Waals surface area (Å²) in [5.41, 5.74) is 0.616. The van der Waals surface area contributed by atoms with E-state index in [4.69, 9.17) is 20.8 Å². The third-order valence-electron chi connectivity index (χ3n) is 4.18. The monoisotopic (exact) mass is 462 g/mol. The molecule has 8 nitrogen and oxygen atoms in total. The van der Waals surface area contributed by atoms with Crippen molar-refractivity contribution in [3.8, 4) is 0 Å². The zero-order valence-electron chi connectivity index (χ0n) is 16.4. The Bertz CT molecular complexity index is 1140. The van der Waals surface area contributed by atoms with Crippen LogP contribution in [0.3, 0.4) is 0 Å². The number of ether oxygens (including phenoxy) is 1. The minimum atomic E-state index is -3.79. The molecule has 2 N–H and O–H groups in total. The maximum absolute atomic E-state index is 12.3. The second-order valence-corrected chi connectivity index (χ2v) is 8.68. The highest BCUT2D eigenvalue weighted by Crippen LogP contribution is 2.15. The lowest BCUT2D eigenvalue weighted by Crippen LogP contribution is -2.30. The summed E-state index contributed by atoms with van der Waals surface area (Å²) in [4.78, 5) is 24.5. The van der Waals surface area contributed by atoms with E-state index in [0.717, 1.165) is 0 Å². The minimum absolute atomic E-state index is 0.000623. The molecule has 162 valence electrons. The second kappa shape index (κ2) is 9.78. The summed E-state index contributed by atoms with van der Waals surface area (Å²) in [5.74, 6) is -0.808. The van der Waals surface area contributed by atoms with Crippen LogP contribution < -0.4 is 10.0 Å². The molecule has 0 aliphatic heterocycles. The summed E-state index contributed by atoms with van der Waals surface area (Å²) in [6.45, 7) is 1.43. The second-order valence-electron chi connectivity index (χ2n) is 6.47. The summed E-state index contributed by atoms with van der Waals surface area (Å²) in [6, 6.07) is 15.0. The molecule has 2 aromatic carbocycles. The first-order valence-electron chi connectivity index (χ1n) is 9.14. The highest BCUT2D eigenvalue weighted by atomic mass is 35.5. The number of esters is 1. The van der Waals surface area contributed by atoms with Crippen LogP contribution in [0.1, 0.15) is 23.0 Å². The van der Waals surface area contributed by atoms with Gasteiger partial charge in [0.25, 0.3) is 5.91 Å². The van der Waals surface area contributed by atoms with Crippen LogP contribution in [-0.4, -0.2) is 26.4 Å². The average Bonchev–Trinajstić information content (AvgIpc) is 3.28. The molecule has 3 aromatic rings. The molecule has 1 atom stereocenters. The molecule has 1 heterocycles. The van der Waals surface area contributed by atoms with Crippen molar-refractivity contribution >= 4 is 39.2 Å². The maximum Gasteiger partial charge on any atom is 0.338 e. The Hall–Kier alpha value is -3.14. The number of carbonyl (C=O) groups is 2. The van der Waals surface area contributed by atoms with E-state index in [9.17, 15) is 18.0 Å². The lowest BCUT2D eigenvalue weighted by molar-refractivity contribution is -0.123.